The Bertz CT molecular complexity index is 607. The zero-order valence-electron chi connectivity index (χ0n) is 13.0. The Kier molecular flexibility index (Phi) is 4.71. The van der Waals surface area contributed by atoms with E-state index in [9.17, 15) is 0 Å². The van der Waals surface area contributed by atoms with E-state index in [0.29, 0.717) is 12.1 Å². The SMILES string of the molecule is Cc1cc(C)c(C)c(COc2ccc(B(O)O)cc2)c1C. The highest BCUT2D eigenvalue weighted by Gasteiger charge is 2.11. The molecular formula is C17H21BO3. The lowest BCUT2D eigenvalue weighted by atomic mass is 9.80. The van der Waals surface area contributed by atoms with Crippen LogP contribution in [0.25, 0.3) is 0 Å². The van der Waals surface area contributed by atoms with Crippen LogP contribution in [0.3, 0.4) is 0 Å². The van der Waals surface area contributed by atoms with Crippen LogP contribution < -0.4 is 10.2 Å². The Hall–Kier alpha value is -1.78. The molecule has 2 rings (SSSR count). The summed E-state index contributed by atoms with van der Waals surface area (Å²) in [7, 11) is -1.44. The molecule has 0 aromatic heterocycles. The fraction of sp³-hybridized carbons (Fsp3) is 0.294. The maximum absolute atomic E-state index is 9.07. The molecule has 2 aromatic carbocycles. The van der Waals surface area contributed by atoms with Gasteiger partial charge in [0.05, 0.1) is 0 Å². The van der Waals surface area contributed by atoms with E-state index in [-0.39, 0.29) is 0 Å². The zero-order valence-corrected chi connectivity index (χ0v) is 13.0. The number of hydrogen-bond acceptors (Lipinski definition) is 3. The maximum atomic E-state index is 9.07. The van der Waals surface area contributed by atoms with Crippen LogP contribution in [0.2, 0.25) is 0 Å². The van der Waals surface area contributed by atoms with E-state index in [1.165, 1.54) is 27.8 Å². The minimum absolute atomic E-state index is 0.459. The molecule has 0 atom stereocenters. The third-order valence-electron chi connectivity index (χ3n) is 4.08. The first-order valence-corrected chi connectivity index (χ1v) is 7.05. The van der Waals surface area contributed by atoms with Gasteiger partial charge in [0.2, 0.25) is 0 Å². The minimum Gasteiger partial charge on any atom is -0.489 e. The monoisotopic (exact) mass is 284 g/mol. The third-order valence-corrected chi connectivity index (χ3v) is 4.08. The van der Waals surface area contributed by atoms with Crippen LogP contribution in [0.4, 0.5) is 0 Å². The van der Waals surface area contributed by atoms with E-state index in [1.807, 2.05) is 0 Å². The second kappa shape index (κ2) is 6.33. The molecule has 0 saturated heterocycles. The summed E-state index contributed by atoms with van der Waals surface area (Å²) in [5, 5.41) is 18.1. The van der Waals surface area contributed by atoms with Gasteiger partial charge in [-0.15, -0.1) is 0 Å². The second-order valence-electron chi connectivity index (χ2n) is 5.47. The van der Waals surface area contributed by atoms with Crippen molar-refractivity contribution < 1.29 is 14.8 Å². The average molecular weight is 284 g/mol. The van der Waals surface area contributed by atoms with Crippen LogP contribution in [0.5, 0.6) is 5.75 Å². The molecule has 2 aromatic rings. The molecule has 0 unspecified atom stereocenters. The number of aryl methyl sites for hydroxylation is 2. The van der Waals surface area contributed by atoms with Gasteiger partial charge in [-0.1, -0.05) is 18.2 Å². The molecule has 0 radical (unpaired) electrons. The van der Waals surface area contributed by atoms with Gasteiger partial charge in [0, 0.05) is 0 Å². The summed E-state index contributed by atoms with van der Waals surface area (Å²) in [6, 6.07) is 9.01. The van der Waals surface area contributed by atoms with Crippen molar-refractivity contribution >= 4 is 12.6 Å². The third kappa shape index (κ3) is 3.46. The molecule has 110 valence electrons. The summed E-state index contributed by atoms with van der Waals surface area (Å²) in [5.74, 6) is 0.720. The molecule has 0 amide bonds. The molecule has 3 nitrogen and oxygen atoms in total. The number of ether oxygens (including phenoxy) is 1. The minimum atomic E-state index is -1.44. The van der Waals surface area contributed by atoms with E-state index in [0.717, 1.165) is 5.75 Å². The quantitative estimate of drug-likeness (QED) is 0.846. The molecular weight excluding hydrogens is 263 g/mol. The Morgan fingerprint density at radius 3 is 1.90 bits per heavy atom. The molecule has 21 heavy (non-hydrogen) atoms. The van der Waals surface area contributed by atoms with Crippen molar-refractivity contribution in [3.63, 3.8) is 0 Å². The van der Waals surface area contributed by atoms with Crippen molar-refractivity contribution in [3.8, 4) is 5.75 Å². The lowest BCUT2D eigenvalue weighted by Gasteiger charge is -2.16. The summed E-state index contributed by atoms with van der Waals surface area (Å²) < 4.78 is 5.84. The number of rotatable bonds is 4. The van der Waals surface area contributed by atoms with Crippen LogP contribution in [0.15, 0.2) is 30.3 Å². The highest BCUT2D eigenvalue weighted by molar-refractivity contribution is 6.58. The van der Waals surface area contributed by atoms with Crippen LogP contribution >= 0.6 is 0 Å². The van der Waals surface area contributed by atoms with E-state index < -0.39 is 7.12 Å². The first-order chi connectivity index (χ1) is 9.90. The van der Waals surface area contributed by atoms with Gasteiger partial charge < -0.3 is 14.8 Å². The molecule has 0 fully saturated rings. The van der Waals surface area contributed by atoms with Gasteiger partial charge in [0.25, 0.3) is 0 Å². The van der Waals surface area contributed by atoms with Crippen molar-refractivity contribution in [2.75, 3.05) is 0 Å². The number of benzene rings is 2. The van der Waals surface area contributed by atoms with Crippen molar-refractivity contribution in [1.29, 1.82) is 0 Å². The van der Waals surface area contributed by atoms with Gasteiger partial charge in [-0.2, -0.15) is 0 Å². The maximum Gasteiger partial charge on any atom is 0.488 e. The van der Waals surface area contributed by atoms with Gasteiger partial charge in [0.15, 0.2) is 0 Å². The Morgan fingerprint density at radius 1 is 0.905 bits per heavy atom. The average Bonchev–Trinajstić information content (AvgIpc) is 2.45. The van der Waals surface area contributed by atoms with Crippen molar-refractivity contribution in [1.82, 2.24) is 0 Å². The van der Waals surface area contributed by atoms with Gasteiger partial charge in [-0.05, 0) is 73.1 Å². The summed E-state index contributed by atoms with van der Waals surface area (Å²) in [4.78, 5) is 0. The smallest absolute Gasteiger partial charge is 0.488 e. The summed E-state index contributed by atoms with van der Waals surface area (Å²) >= 11 is 0. The summed E-state index contributed by atoms with van der Waals surface area (Å²) in [6.45, 7) is 8.98. The normalized spacial score (nSPS) is 10.6. The van der Waals surface area contributed by atoms with Gasteiger partial charge >= 0.3 is 7.12 Å². The first-order valence-electron chi connectivity index (χ1n) is 7.05. The molecule has 0 spiro atoms. The molecule has 0 heterocycles. The Labute approximate surface area is 126 Å². The molecule has 0 bridgehead atoms. The fourth-order valence-electron chi connectivity index (χ4n) is 2.41. The van der Waals surface area contributed by atoms with Crippen molar-refractivity contribution in [2.45, 2.75) is 34.3 Å². The number of hydrogen-bond donors (Lipinski definition) is 2. The van der Waals surface area contributed by atoms with Crippen LogP contribution in [0, 0.1) is 27.7 Å². The van der Waals surface area contributed by atoms with E-state index in [1.54, 1.807) is 24.3 Å². The Balaban J connectivity index is 2.17. The predicted molar refractivity (Wildman–Crippen MR) is 86.0 cm³/mol. The Morgan fingerprint density at radius 2 is 1.43 bits per heavy atom. The molecule has 0 aliphatic carbocycles. The van der Waals surface area contributed by atoms with Crippen LogP contribution in [-0.2, 0) is 6.61 Å². The van der Waals surface area contributed by atoms with Crippen molar-refractivity contribution in [3.05, 3.63) is 58.1 Å². The van der Waals surface area contributed by atoms with Gasteiger partial charge in [-0.25, -0.2) is 0 Å². The largest absolute Gasteiger partial charge is 0.489 e. The molecule has 0 aliphatic heterocycles. The lowest BCUT2D eigenvalue weighted by Crippen LogP contribution is -2.29. The van der Waals surface area contributed by atoms with Crippen LogP contribution in [-0.4, -0.2) is 17.2 Å². The van der Waals surface area contributed by atoms with E-state index >= 15 is 0 Å². The fourth-order valence-corrected chi connectivity index (χ4v) is 2.41. The predicted octanol–water partition coefficient (Wildman–Crippen LogP) is 2.18. The van der Waals surface area contributed by atoms with E-state index in [4.69, 9.17) is 14.8 Å². The van der Waals surface area contributed by atoms with Gasteiger partial charge in [-0.3, -0.25) is 0 Å². The van der Waals surface area contributed by atoms with Gasteiger partial charge in [0.1, 0.15) is 12.4 Å². The highest BCUT2D eigenvalue weighted by Crippen LogP contribution is 2.23. The molecule has 0 saturated carbocycles. The first kappa shape index (κ1) is 15.6. The molecule has 4 heteroatoms. The lowest BCUT2D eigenvalue weighted by molar-refractivity contribution is 0.304. The standard InChI is InChI=1S/C17H21BO3/c1-11-9-12(2)14(4)17(13(11)3)10-21-16-7-5-15(6-8-16)18(19)20/h5-9,19-20H,10H2,1-4H3. The second-order valence-corrected chi connectivity index (χ2v) is 5.47. The molecule has 2 N–H and O–H groups in total. The van der Waals surface area contributed by atoms with E-state index in [2.05, 4.69) is 33.8 Å². The summed E-state index contributed by atoms with van der Waals surface area (Å²) in [5.41, 5.74) is 6.76. The van der Waals surface area contributed by atoms with Crippen molar-refractivity contribution in [2.24, 2.45) is 0 Å². The highest BCUT2D eigenvalue weighted by atomic mass is 16.5. The van der Waals surface area contributed by atoms with Crippen LogP contribution in [0.1, 0.15) is 27.8 Å². The topological polar surface area (TPSA) is 49.7 Å². The summed E-state index contributed by atoms with van der Waals surface area (Å²) in [6.07, 6.45) is 0. The molecule has 0 aliphatic rings. The zero-order chi connectivity index (χ0) is 15.6.